The maximum Gasteiger partial charge on any atom is 0.414 e. The van der Waals surface area contributed by atoms with E-state index >= 15 is 0 Å². The molecule has 0 aliphatic carbocycles. The summed E-state index contributed by atoms with van der Waals surface area (Å²) in [5, 5.41) is 27.2. The summed E-state index contributed by atoms with van der Waals surface area (Å²) >= 11 is 0. The van der Waals surface area contributed by atoms with E-state index in [1.165, 1.54) is 25.9 Å². The lowest BCUT2D eigenvalue weighted by Crippen LogP contribution is -2.26. The van der Waals surface area contributed by atoms with Crippen molar-refractivity contribution >= 4 is 11.9 Å². The van der Waals surface area contributed by atoms with E-state index in [1.807, 2.05) is 7.05 Å². The third kappa shape index (κ3) is 2.70. The molecule has 0 saturated carbocycles. The molecule has 0 amide bonds. The molecule has 2 N–H and O–H groups in total. The quantitative estimate of drug-likeness (QED) is 0.604. The largest absolute Gasteiger partial charge is 0.473 e. The van der Waals surface area contributed by atoms with Gasteiger partial charge in [-0.15, -0.1) is 10.2 Å². The predicted molar refractivity (Wildman–Crippen MR) is 61.4 cm³/mol. The second kappa shape index (κ2) is 4.92. The SMILES string of the molecule is Cn1nnc(C23CCN(CC2)C3)n1.O=C(O)C(=O)O. The number of hydrogen-bond acceptors (Lipinski definition) is 6. The molecular weight excluding hydrogens is 254 g/mol. The van der Waals surface area contributed by atoms with Gasteiger partial charge in [-0.25, -0.2) is 9.59 Å². The van der Waals surface area contributed by atoms with Gasteiger partial charge in [-0.3, -0.25) is 0 Å². The lowest BCUT2D eigenvalue weighted by atomic mass is 9.84. The molecule has 2 saturated heterocycles. The molecule has 0 unspecified atom stereocenters. The van der Waals surface area contributed by atoms with Crippen LogP contribution in [0.2, 0.25) is 0 Å². The number of carboxylic acids is 2. The smallest absolute Gasteiger partial charge is 0.414 e. The lowest BCUT2D eigenvalue weighted by Gasteiger charge is -2.20. The Hall–Kier alpha value is -2.03. The molecule has 9 heteroatoms. The first-order valence-electron chi connectivity index (χ1n) is 5.86. The van der Waals surface area contributed by atoms with E-state index in [2.05, 4.69) is 20.3 Å². The zero-order chi connectivity index (χ0) is 14.0. The number of aliphatic carboxylic acids is 2. The van der Waals surface area contributed by atoms with Gasteiger partial charge in [-0.2, -0.15) is 4.80 Å². The highest BCUT2D eigenvalue weighted by Crippen LogP contribution is 2.40. The number of aryl methyl sites for hydroxylation is 1. The van der Waals surface area contributed by atoms with Crippen LogP contribution in [0, 0.1) is 0 Å². The van der Waals surface area contributed by atoms with Crippen molar-refractivity contribution in [3.05, 3.63) is 5.82 Å². The van der Waals surface area contributed by atoms with Gasteiger partial charge in [0.15, 0.2) is 5.82 Å². The molecule has 1 aromatic rings. The molecule has 104 valence electrons. The lowest BCUT2D eigenvalue weighted by molar-refractivity contribution is -0.159. The topological polar surface area (TPSA) is 121 Å². The average molecular weight is 269 g/mol. The maximum atomic E-state index is 9.10. The van der Waals surface area contributed by atoms with Crippen LogP contribution in [0.15, 0.2) is 0 Å². The number of carboxylic acid groups (broad SMARTS) is 2. The summed E-state index contributed by atoms with van der Waals surface area (Å²) in [5.41, 5.74) is 0.244. The molecular formula is C10H15N5O4. The normalized spacial score (nSPS) is 27.7. The van der Waals surface area contributed by atoms with E-state index in [4.69, 9.17) is 19.8 Å². The summed E-state index contributed by atoms with van der Waals surface area (Å²) in [4.78, 5) is 22.2. The second-order valence-corrected chi connectivity index (χ2v) is 4.77. The number of aromatic nitrogens is 4. The summed E-state index contributed by atoms with van der Waals surface area (Å²) in [7, 11) is 1.83. The molecule has 1 aromatic heterocycles. The Morgan fingerprint density at radius 2 is 1.79 bits per heavy atom. The molecule has 0 atom stereocenters. The average Bonchev–Trinajstić information content (AvgIpc) is 3.04. The minimum atomic E-state index is -1.82. The second-order valence-electron chi connectivity index (χ2n) is 4.77. The van der Waals surface area contributed by atoms with E-state index in [1.54, 1.807) is 4.80 Å². The van der Waals surface area contributed by atoms with Crippen LogP contribution in [-0.4, -0.2) is 66.9 Å². The molecule has 2 aliphatic heterocycles. The van der Waals surface area contributed by atoms with E-state index in [-0.39, 0.29) is 5.41 Å². The van der Waals surface area contributed by atoms with Gasteiger partial charge in [0.25, 0.3) is 0 Å². The molecule has 2 aliphatic rings. The van der Waals surface area contributed by atoms with Crippen molar-refractivity contribution in [3.8, 4) is 0 Å². The van der Waals surface area contributed by atoms with Gasteiger partial charge in [0.05, 0.1) is 7.05 Å². The van der Waals surface area contributed by atoms with E-state index in [0.717, 1.165) is 12.4 Å². The minimum absolute atomic E-state index is 0.244. The summed E-state index contributed by atoms with van der Waals surface area (Å²) in [6, 6.07) is 0. The third-order valence-electron chi connectivity index (χ3n) is 3.51. The zero-order valence-electron chi connectivity index (χ0n) is 10.5. The molecule has 3 rings (SSSR count). The fraction of sp³-hybridized carbons (Fsp3) is 0.700. The van der Waals surface area contributed by atoms with Crippen molar-refractivity contribution in [1.29, 1.82) is 0 Å². The molecule has 3 heterocycles. The Bertz CT molecular complexity index is 480. The van der Waals surface area contributed by atoms with Gasteiger partial charge < -0.3 is 15.1 Å². The number of hydrogen-bond donors (Lipinski definition) is 2. The van der Waals surface area contributed by atoms with E-state index < -0.39 is 11.9 Å². The highest BCUT2D eigenvalue weighted by Gasteiger charge is 2.47. The van der Waals surface area contributed by atoms with Crippen molar-refractivity contribution < 1.29 is 19.8 Å². The number of rotatable bonds is 1. The molecule has 0 spiro atoms. The Morgan fingerprint density at radius 1 is 1.21 bits per heavy atom. The van der Waals surface area contributed by atoms with Crippen LogP contribution in [0.25, 0.3) is 0 Å². The Kier molecular flexibility index (Phi) is 3.47. The van der Waals surface area contributed by atoms with Crippen LogP contribution >= 0.6 is 0 Å². The number of piperidine rings is 1. The van der Waals surface area contributed by atoms with E-state index in [9.17, 15) is 0 Å². The first kappa shape index (κ1) is 13.4. The van der Waals surface area contributed by atoms with Crippen molar-refractivity contribution in [1.82, 2.24) is 25.1 Å². The Balaban J connectivity index is 0.000000192. The number of fused-ring (bicyclic) bond motifs is 2. The summed E-state index contributed by atoms with van der Waals surface area (Å²) in [6.07, 6.45) is 2.41. The van der Waals surface area contributed by atoms with E-state index in [0.29, 0.717) is 0 Å². The summed E-state index contributed by atoms with van der Waals surface area (Å²) in [6.45, 7) is 3.55. The molecule has 9 nitrogen and oxygen atoms in total. The van der Waals surface area contributed by atoms with Crippen molar-refractivity contribution in [2.24, 2.45) is 7.05 Å². The van der Waals surface area contributed by atoms with Gasteiger partial charge in [0.2, 0.25) is 0 Å². The first-order chi connectivity index (χ1) is 8.93. The Labute approximate surface area is 108 Å². The van der Waals surface area contributed by atoms with Crippen LogP contribution in [-0.2, 0) is 22.1 Å². The molecule has 2 bridgehead atoms. The fourth-order valence-corrected chi connectivity index (χ4v) is 2.52. The highest BCUT2D eigenvalue weighted by molar-refractivity contribution is 6.27. The van der Waals surface area contributed by atoms with Crippen LogP contribution in [0.4, 0.5) is 0 Å². The van der Waals surface area contributed by atoms with Crippen LogP contribution in [0.3, 0.4) is 0 Å². The zero-order valence-corrected chi connectivity index (χ0v) is 10.5. The molecule has 0 aromatic carbocycles. The molecule has 2 fully saturated rings. The highest BCUT2D eigenvalue weighted by atomic mass is 16.4. The van der Waals surface area contributed by atoms with Gasteiger partial charge in [0.1, 0.15) is 0 Å². The van der Waals surface area contributed by atoms with Gasteiger partial charge in [0, 0.05) is 12.0 Å². The standard InChI is InChI=1S/C8H13N5.C2H2O4/c1-12-10-7(9-11-12)8-2-4-13(6-8)5-3-8;3-1(4)2(5)6/h2-6H2,1H3;(H,3,4)(H,5,6). The monoisotopic (exact) mass is 269 g/mol. The van der Waals surface area contributed by atoms with Crippen LogP contribution in [0.5, 0.6) is 0 Å². The summed E-state index contributed by atoms with van der Waals surface area (Å²) < 4.78 is 0. The van der Waals surface area contributed by atoms with Gasteiger partial charge in [-0.1, -0.05) is 0 Å². The number of nitrogens with zero attached hydrogens (tertiary/aromatic N) is 5. The Morgan fingerprint density at radius 3 is 2.11 bits per heavy atom. The first-order valence-corrected chi connectivity index (χ1v) is 5.86. The molecule has 0 radical (unpaired) electrons. The number of tetrazole rings is 1. The van der Waals surface area contributed by atoms with Crippen LogP contribution < -0.4 is 0 Å². The van der Waals surface area contributed by atoms with Crippen LogP contribution in [0.1, 0.15) is 18.7 Å². The predicted octanol–water partition coefficient (Wildman–Crippen LogP) is -1.29. The van der Waals surface area contributed by atoms with Gasteiger partial charge in [-0.05, 0) is 31.1 Å². The maximum absolute atomic E-state index is 9.10. The minimum Gasteiger partial charge on any atom is -0.473 e. The third-order valence-corrected chi connectivity index (χ3v) is 3.51. The van der Waals surface area contributed by atoms with Crippen molar-refractivity contribution in [2.45, 2.75) is 18.3 Å². The van der Waals surface area contributed by atoms with Gasteiger partial charge >= 0.3 is 11.9 Å². The molecule has 19 heavy (non-hydrogen) atoms. The van der Waals surface area contributed by atoms with Crippen molar-refractivity contribution in [3.63, 3.8) is 0 Å². The van der Waals surface area contributed by atoms with Crippen molar-refractivity contribution in [2.75, 3.05) is 19.6 Å². The number of carbonyl (C=O) groups is 2. The summed E-state index contributed by atoms with van der Waals surface area (Å²) in [5.74, 6) is -2.69. The fourth-order valence-electron chi connectivity index (χ4n) is 2.52.